The van der Waals surface area contributed by atoms with Gasteiger partial charge in [-0.3, -0.25) is 4.99 Å². The third-order valence-corrected chi connectivity index (χ3v) is 3.48. The van der Waals surface area contributed by atoms with Crippen LogP contribution in [0.1, 0.15) is 32.0 Å². The number of ether oxygens (including phenoxy) is 1. The Morgan fingerprint density at radius 1 is 1.45 bits per heavy atom. The zero-order valence-corrected chi connectivity index (χ0v) is 15.7. The monoisotopic (exact) mass is 422 g/mol. The van der Waals surface area contributed by atoms with Crippen molar-refractivity contribution in [3.8, 4) is 0 Å². The van der Waals surface area contributed by atoms with Crippen molar-refractivity contribution in [3.05, 3.63) is 12.2 Å². The number of nitrogens with zero attached hydrogens (tertiary/aromatic N) is 4. The Kier molecular flexibility index (Phi) is 9.37. The van der Waals surface area contributed by atoms with E-state index in [1.54, 1.807) is 13.4 Å². The lowest BCUT2D eigenvalue weighted by Gasteiger charge is -2.12. The first-order chi connectivity index (χ1) is 10.3. The van der Waals surface area contributed by atoms with Crippen LogP contribution in [-0.2, 0) is 17.8 Å². The van der Waals surface area contributed by atoms with Crippen molar-refractivity contribution < 1.29 is 4.74 Å². The minimum Gasteiger partial charge on any atom is -0.381 e. The molecule has 0 radical (unpaired) electrons. The lowest BCUT2D eigenvalue weighted by Crippen LogP contribution is -2.38. The molecule has 126 valence electrons. The molecule has 0 saturated heterocycles. The molecule has 0 aromatic carbocycles. The number of hydrogen-bond donors (Lipinski definition) is 2. The van der Waals surface area contributed by atoms with Gasteiger partial charge in [0.15, 0.2) is 11.8 Å². The maximum Gasteiger partial charge on any atom is 0.191 e. The Hall–Kier alpha value is -0.900. The van der Waals surface area contributed by atoms with Gasteiger partial charge >= 0.3 is 0 Å². The lowest BCUT2D eigenvalue weighted by molar-refractivity contribution is 0.123. The Bertz CT molecular complexity index is 446. The van der Waals surface area contributed by atoms with Crippen molar-refractivity contribution in [2.75, 3.05) is 26.8 Å². The summed E-state index contributed by atoms with van der Waals surface area (Å²) in [6.45, 7) is 6.15. The molecule has 2 rings (SSSR count). The van der Waals surface area contributed by atoms with Crippen LogP contribution in [0.4, 0.5) is 0 Å². The molecule has 0 bridgehead atoms. The summed E-state index contributed by atoms with van der Waals surface area (Å²) in [7, 11) is 1.77. The smallest absolute Gasteiger partial charge is 0.191 e. The zero-order chi connectivity index (χ0) is 14.9. The van der Waals surface area contributed by atoms with Gasteiger partial charge in [-0.25, -0.2) is 0 Å². The summed E-state index contributed by atoms with van der Waals surface area (Å²) in [5, 5.41) is 14.5. The van der Waals surface area contributed by atoms with Crippen LogP contribution in [0, 0.1) is 5.92 Å². The van der Waals surface area contributed by atoms with Gasteiger partial charge in [-0.2, -0.15) is 0 Å². The van der Waals surface area contributed by atoms with E-state index in [1.807, 2.05) is 4.57 Å². The predicted octanol–water partition coefficient (Wildman–Crippen LogP) is 1.40. The summed E-state index contributed by atoms with van der Waals surface area (Å²) < 4.78 is 7.61. The molecule has 1 heterocycles. The fourth-order valence-corrected chi connectivity index (χ4v) is 1.98. The summed E-state index contributed by atoms with van der Waals surface area (Å²) in [4.78, 5) is 4.20. The number of rotatable bonds is 9. The summed E-state index contributed by atoms with van der Waals surface area (Å²) in [5.74, 6) is 2.53. The Morgan fingerprint density at radius 2 is 2.27 bits per heavy atom. The molecule has 1 fully saturated rings. The van der Waals surface area contributed by atoms with E-state index in [-0.39, 0.29) is 24.0 Å². The summed E-state index contributed by atoms with van der Waals surface area (Å²) >= 11 is 0. The largest absolute Gasteiger partial charge is 0.381 e. The number of aromatic nitrogens is 3. The first-order valence-corrected chi connectivity index (χ1v) is 7.72. The maximum atomic E-state index is 5.60. The fourth-order valence-electron chi connectivity index (χ4n) is 1.98. The molecule has 1 aromatic heterocycles. The number of nitrogens with one attached hydrogen (secondary N) is 2. The molecule has 0 atom stereocenters. The van der Waals surface area contributed by atoms with Gasteiger partial charge in [-0.05, 0) is 32.1 Å². The second-order valence-corrected chi connectivity index (χ2v) is 5.26. The van der Waals surface area contributed by atoms with Crippen LogP contribution in [0.5, 0.6) is 0 Å². The van der Waals surface area contributed by atoms with Crippen molar-refractivity contribution in [2.24, 2.45) is 10.9 Å². The van der Waals surface area contributed by atoms with Crippen molar-refractivity contribution in [2.45, 2.75) is 39.3 Å². The van der Waals surface area contributed by atoms with Gasteiger partial charge in [0.1, 0.15) is 6.33 Å². The molecule has 7 nitrogen and oxygen atoms in total. The quantitative estimate of drug-likeness (QED) is 0.272. The molecule has 0 spiro atoms. The van der Waals surface area contributed by atoms with E-state index in [2.05, 4.69) is 32.7 Å². The summed E-state index contributed by atoms with van der Waals surface area (Å²) in [6.07, 6.45) is 5.41. The molecule has 1 aliphatic rings. The van der Waals surface area contributed by atoms with E-state index < -0.39 is 0 Å². The highest BCUT2D eigenvalue weighted by molar-refractivity contribution is 14.0. The van der Waals surface area contributed by atoms with Crippen LogP contribution in [0.25, 0.3) is 0 Å². The van der Waals surface area contributed by atoms with Crippen LogP contribution in [0.15, 0.2) is 11.3 Å². The highest BCUT2D eigenvalue weighted by Gasteiger charge is 2.20. The van der Waals surface area contributed by atoms with Crippen molar-refractivity contribution >= 4 is 29.9 Å². The van der Waals surface area contributed by atoms with Crippen LogP contribution in [-0.4, -0.2) is 47.5 Å². The van der Waals surface area contributed by atoms with Crippen molar-refractivity contribution in [1.29, 1.82) is 0 Å². The second kappa shape index (κ2) is 10.8. The van der Waals surface area contributed by atoms with E-state index in [0.29, 0.717) is 6.54 Å². The number of aliphatic imine (C=N–C) groups is 1. The Balaban J connectivity index is 0.00000242. The molecule has 0 unspecified atom stereocenters. The molecule has 0 aliphatic heterocycles. The van der Waals surface area contributed by atoms with Crippen LogP contribution in [0.2, 0.25) is 0 Å². The third kappa shape index (κ3) is 6.91. The first kappa shape index (κ1) is 19.1. The van der Waals surface area contributed by atoms with Crippen LogP contribution < -0.4 is 10.6 Å². The first-order valence-electron chi connectivity index (χ1n) is 7.72. The number of aryl methyl sites for hydroxylation is 1. The van der Waals surface area contributed by atoms with Gasteiger partial charge in [0.2, 0.25) is 0 Å². The fraction of sp³-hybridized carbons (Fsp3) is 0.786. The molecule has 1 saturated carbocycles. The molecular weight excluding hydrogens is 395 g/mol. The van der Waals surface area contributed by atoms with Crippen molar-refractivity contribution in [3.63, 3.8) is 0 Å². The van der Waals surface area contributed by atoms with Crippen LogP contribution >= 0.6 is 24.0 Å². The number of hydrogen-bond acceptors (Lipinski definition) is 4. The van der Waals surface area contributed by atoms with Gasteiger partial charge in [0.25, 0.3) is 0 Å². The van der Waals surface area contributed by atoms with Gasteiger partial charge in [0, 0.05) is 33.4 Å². The van der Waals surface area contributed by atoms with Gasteiger partial charge in [0.05, 0.1) is 6.54 Å². The SMILES string of the molecule is CCn1cnnc1CNC(=NC)NCCCOCC1CC1.I. The minimum absolute atomic E-state index is 0. The van der Waals surface area contributed by atoms with Gasteiger partial charge in [-0.15, -0.1) is 34.2 Å². The van der Waals surface area contributed by atoms with E-state index >= 15 is 0 Å². The molecule has 8 heteroatoms. The average molecular weight is 422 g/mol. The van der Waals surface area contributed by atoms with Crippen molar-refractivity contribution in [1.82, 2.24) is 25.4 Å². The lowest BCUT2D eigenvalue weighted by atomic mass is 10.4. The minimum atomic E-state index is 0. The standard InChI is InChI=1S/C14H26N6O.HI/c1-3-20-11-18-19-13(20)9-17-14(15-2)16-7-4-8-21-10-12-5-6-12;/h11-12H,3-10H2,1-2H3,(H2,15,16,17);1H. The van der Waals surface area contributed by atoms with E-state index in [1.165, 1.54) is 12.8 Å². The molecule has 1 aliphatic carbocycles. The highest BCUT2D eigenvalue weighted by atomic mass is 127. The van der Waals surface area contributed by atoms with Gasteiger partial charge in [-0.1, -0.05) is 0 Å². The molecular formula is C14H27IN6O. The van der Waals surface area contributed by atoms with E-state index in [0.717, 1.165) is 50.4 Å². The zero-order valence-electron chi connectivity index (χ0n) is 13.4. The topological polar surface area (TPSA) is 76.4 Å². The van der Waals surface area contributed by atoms with Crippen LogP contribution in [0.3, 0.4) is 0 Å². The van der Waals surface area contributed by atoms with E-state index in [9.17, 15) is 0 Å². The predicted molar refractivity (Wildman–Crippen MR) is 97.5 cm³/mol. The average Bonchev–Trinajstić information content (AvgIpc) is 3.22. The number of halogens is 1. The third-order valence-electron chi connectivity index (χ3n) is 3.48. The van der Waals surface area contributed by atoms with E-state index in [4.69, 9.17) is 4.74 Å². The molecule has 1 aromatic rings. The van der Waals surface area contributed by atoms with Gasteiger partial charge < -0.3 is 19.9 Å². The highest BCUT2D eigenvalue weighted by Crippen LogP contribution is 2.28. The normalized spacial score (nSPS) is 14.5. The maximum absolute atomic E-state index is 5.60. The molecule has 2 N–H and O–H groups in total. The molecule has 22 heavy (non-hydrogen) atoms. The number of guanidine groups is 1. The summed E-state index contributed by atoms with van der Waals surface area (Å²) in [5.41, 5.74) is 0. The Morgan fingerprint density at radius 3 is 2.95 bits per heavy atom. The summed E-state index contributed by atoms with van der Waals surface area (Å²) in [6, 6.07) is 0. The molecule has 0 amide bonds. The second-order valence-electron chi connectivity index (χ2n) is 5.26. The Labute approximate surface area is 149 Å².